The van der Waals surface area contributed by atoms with Gasteiger partial charge in [0.25, 0.3) is 5.91 Å². The van der Waals surface area contributed by atoms with Crippen LogP contribution >= 0.6 is 0 Å². The van der Waals surface area contributed by atoms with E-state index in [4.69, 9.17) is 4.74 Å². The highest BCUT2D eigenvalue weighted by Crippen LogP contribution is 2.43. The standard InChI is InChI=1S/C24H30N4O6S/c1-34-21-7-3-6-19-18(21)11-20(27-19)24(31)28-12-14-4-2-5-17(14)22(28)23(30)26-15(13-29)10-16-8-9-25-35(16,32)33/h3,6-7,11,13-17,22,25,27H,2,4-5,8-10,12H2,1H3,(H,26,30). The van der Waals surface area contributed by atoms with E-state index in [-0.39, 0.29) is 24.2 Å². The zero-order valence-corrected chi connectivity index (χ0v) is 20.3. The molecule has 3 heterocycles. The van der Waals surface area contributed by atoms with Crippen molar-refractivity contribution in [1.82, 2.24) is 19.9 Å². The molecule has 1 aromatic carbocycles. The van der Waals surface area contributed by atoms with Gasteiger partial charge in [-0.15, -0.1) is 0 Å². The van der Waals surface area contributed by atoms with Crippen molar-refractivity contribution in [1.29, 1.82) is 0 Å². The first-order valence-electron chi connectivity index (χ1n) is 12.0. The molecule has 0 spiro atoms. The smallest absolute Gasteiger partial charge is 0.271 e. The van der Waals surface area contributed by atoms with E-state index in [2.05, 4.69) is 15.0 Å². The molecular formula is C24H30N4O6S. The Morgan fingerprint density at radius 1 is 1.29 bits per heavy atom. The van der Waals surface area contributed by atoms with E-state index in [0.717, 1.165) is 30.2 Å². The molecule has 2 amide bonds. The number of amides is 2. The molecule has 5 rings (SSSR count). The van der Waals surface area contributed by atoms with E-state index in [9.17, 15) is 22.8 Å². The number of nitrogens with one attached hydrogen (secondary N) is 3. The summed E-state index contributed by atoms with van der Waals surface area (Å²) in [7, 11) is -1.91. The summed E-state index contributed by atoms with van der Waals surface area (Å²) in [6.07, 6.45) is 3.77. The van der Waals surface area contributed by atoms with Crippen LogP contribution in [0.2, 0.25) is 0 Å². The van der Waals surface area contributed by atoms with Crippen molar-refractivity contribution >= 4 is 39.0 Å². The van der Waals surface area contributed by atoms with Crippen LogP contribution in [0.4, 0.5) is 0 Å². The second-order valence-electron chi connectivity index (χ2n) is 9.70. The van der Waals surface area contributed by atoms with Crippen molar-refractivity contribution in [3.63, 3.8) is 0 Å². The Bertz CT molecular complexity index is 1260. The molecule has 2 saturated heterocycles. The third kappa shape index (κ3) is 4.31. The van der Waals surface area contributed by atoms with Gasteiger partial charge in [-0.05, 0) is 55.7 Å². The van der Waals surface area contributed by atoms with Crippen LogP contribution in [0.1, 0.15) is 42.6 Å². The van der Waals surface area contributed by atoms with Crippen molar-refractivity contribution in [2.45, 2.75) is 49.4 Å². The predicted octanol–water partition coefficient (Wildman–Crippen LogP) is 1.18. The quantitative estimate of drug-likeness (QED) is 0.486. The minimum atomic E-state index is -3.48. The molecule has 5 atom stereocenters. The highest BCUT2D eigenvalue weighted by molar-refractivity contribution is 7.90. The Labute approximate surface area is 203 Å². The number of benzene rings is 1. The third-order valence-electron chi connectivity index (χ3n) is 7.71. The number of methoxy groups -OCH3 is 1. The summed E-state index contributed by atoms with van der Waals surface area (Å²) >= 11 is 0. The van der Waals surface area contributed by atoms with Gasteiger partial charge in [-0.3, -0.25) is 9.59 Å². The fourth-order valence-corrected chi connectivity index (χ4v) is 7.53. The number of carbonyl (C=O) groups excluding carboxylic acids is 3. The number of aromatic nitrogens is 1. The second-order valence-corrected chi connectivity index (χ2v) is 11.7. The van der Waals surface area contributed by atoms with Crippen molar-refractivity contribution in [2.24, 2.45) is 11.8 Å². The zero-order valence-electron chi connectivity index (χ0n) is 19.5. The van der Waals surface area contributed by atoms with Crippen LogP contribution in [0.15, 0.2) is 24.3 Å². The lowest BCUT2D eigenvalue weighted by Gasteiger charge is -2.28. The molecule has 1 saturated carbocycles. The number of sulfonamides is 1. The van der Waals surface area contributed by atoms with E-state index in [1.807, 2.05) is 18.2 Å². The summed E-state index contributed by atoms with van der Waals surface area (Å²) in [5, 5.41) is 2.80. The first kappa shape index (κ1) is 23.8. The SMILES string of the molecule is COc1cccc2[nH]c(C(=O)N3CC4CCCC4C3C(=O)NC(C=O)CC3CCNS3(=O)=O)cc12. The number of nitrogens with zero attached hydrogens (tertiary/aromatic N) is 1. The molecule has 3 fully saturated rings. The normalized spacial score (nSPS) is 28.1. The Balaban J connectivity index is 1.37. The highest BCUT2D eigenvalue weighted by Gasteiger charge is 2.50. The number of likely N-dealkylation sites (tertiary alicyclic amines) is 1. The van der Waals surface area contributed by atoms with E-state index in [1.165, 1.54) is 0 Å². The molecule has 2 aromatic rings. The first-order chi connectivity index (χ1) is 16.8. The van der Waals surface area contributed by atoms with Crippen LogP contribution in [0.5, 0.6) is 5.75 Å². The largest absolute Gasteiger partial charge is 0.496 e. The van der Waals surface area contributed by atoms with Gasteiger partial charge in [0.15, 0.2) is 0 Å². The maximum atomic E-state index is 13.6. The lowest BCUT2D eigenvalue weighted by molar-refractivity contribution is -0.128. The van der Waals surface area contributed by atoms with Crippen LogP contribution in [0.25, 0.3) is 10.9 Å². The molecule has 0 bridgehead atoms. The van der Waals surface area contributed by atoms with Gasteiger partial charge in [-0.25, -0.2) is 13.1 Å². The number of aromatic amines is 1. The Morgan fingerprint density at radius 3 is 2.83 bits per heavy atom. The Kier molecular flexibility index (Phi) is 6.30. The molecule has 35 heavy (non-hydrogen) atoms. The molecule has 0 radical (unpaired) electrons. The van der Waals surface area contributed by atoms with Crippen LogP contribution in [0, 0.1) is 11.8 Å². The average molecular weight is 503 g/mol. The highest BCUT2D eigenvalue weighted by atomic mass is 32.2. The summed E-state index contributed by atoms with van der Waals surface area (Å²) < 4.78 is 32.1. The van der Waals surface area contributed by atoms with E-state index < -0.39 is 33.3 Å². The van der Waals surface area contributed by atoms with Crippen LogP contribution in [-0.4, -0.2) is 73.9 Å². The van der Waals surface area contributed by atoms with Crippen molar-refractivity contribution in [3.8, 4) is 5.75 Å². The fourth-order valence-electron chi connectivity index (χ4n) is 6.01. The average Bonchev–Trinajstić information content (AvgIpc) is 3.60. The van der Waals surface area contributed by atoms with Gasteiger partial charge in [0.05, 0.1) is 18.4 Å². The van der Waals surface area contributed by atoms with Gasteiger partial charge >= 0.3 is 0 Å². The maximum Gasteiger partial charge on any atom is 0.271 e. The Morgan fingerprint density at radius 2 is 2.11 bits per heavy atom. The van der Waals surface area contributed by atoms with Gasteiger partial charge in [-0.1, -0.05) is 12.5 Å². The minimum Gasteiger partial charge on any atom is -0.496 e. The van der Waals surface area contributed by atoms with Gasteiger partial charge in [0.2, 0.25) is 15.9 Å². The molecule has 1 aliphatic carbocycles. The number of fused-ring (bicyclic) bond motifs is 2. The van der Waals surface area contributed by atoms with Gasteiger partial charge < -0.3 is 24.7 Å². The number of H-pyrrole nitrogens is 1. The molecule has 11 heteroatoms. The summed E-state index contributed by atoms with van der Waals surface area (Å²) in [6, 6.07) is 5.62. The molecular weight excluding hydrogens is 472 g/mol. The molecule has 3 aliphatic rings. The molecule has 10 nitrogen and oxygen atoms in total. The Hall–Kier alpha value is -2.92. The van der Waals surface area contributed by atoms with E-state index >= 15 is 0 Å². The van der Waals surface area contributed by atoms with Crippen LogP contribution in [-0.2, 0) is 19.6 Å². The minimum absolute atomic E-state index is 0.0150. The summed E-state index contributed by atoms with van der Waals surface area (Å²) in [4.78, 5) is 43.6. The zero-order chi connectivity index (χ0) is 24.7. The van der Waals surface area contributed by atoms with Gasteiger partial charge in [0, 0.05) is 24.0 Å². The van der Waals surface area contributed by atoms with Crippen molar-refractivity contribution < 1.29 is 27.5 Å². The number of aldehydes is 1. The number of rotatable bonds is 7. The van der Waals surface area contributed by atoms with E-state index in [1.54, 1.807) is 18.1 Å². The number of hydrogen-bond donors (Lipinski definition) is 3. The summed E-state index contributed by atoms with van der Waals surface area (Å²) in [5.74, 6) is 0.213. The van der Waals surface area contributed by atoms with Crippen molar-refractivity contribution in [3.05, 3.63) is 30.0 Å². The number of carbonyl (C=O) groups is 3. The lowest BCUT2D eigenvalue weighted by atomic mass is 9.93. The fraction of sp³-hybridized carbons (Fsp3) is 0.542. The molecule has 5 unspecified atom stereocenters. The lowest BCUT2D eigenvalue weighted by Crippen LogP contribution is -2.52. The van der Waals surface area contributed by atoms with E-state index in [0.29, 0.717) is 37.2 Å². The monoisotopic (exact) mass is 502 g/mol. The molecule has 188 valence electrons. The first-order valence-corrected chi connectivity index (χ1v) is 13.6. The number of ether oxygens (including phenoxy) is 1. The summed E-state index contributed by atoms with van der Waals surface area (Å²) in [6.45, 7) is 0.803. The second kappa shape index (κ2) is 9.27. The maximum absolute atomic E-state index is 13.6. The van der Waals surface area contributed by atoms with Gasteiger partial charge in [0.1, 0.15) is 23.8 Å². The predicted molar refractivity (Wildman–Crippen MR) is 128 cm³/mol. The van der Waals surface area contributed by atoms with Crippen LogP contribution in [0.3, 0.4) is 0 Å². The molecule has 2 aliphatic heterocycles. The van der Waals surface area contributed by atoms with Crippen molar-refractivity contribution in [2.75, 3.05) is 20.2 Å². The molecule has 1 aromatic heterocycles. The third-order valence-corrected chi connectivity index (χ3v) is 9.62. The molecule has 3 N–H and O–H groups in total. The van der Waals surface area contributed by atoms with Gasteiger partial charge in [-0.2, -0.15) is 0 Å². The summed E-state index contributed by atoms with van der Waals surface area (Å²) in [5.41, 5.74) is 1.14. The van der Waals surface area contributed by atoms with Crippen LogP contribution < -0.4 is 14.8 Å². The number of hydrogen-bond acceptors (Lipinski definition) is 6. The topological polar surface area (TPSA) is 138 Å².